The first-order chi connectivity index (χ1) is 12.7. The fourth-order valence-corrected chi connectivity index (χ4v) is 2.42. The molecule has 0 aliphatic carbocycles. The first-order valence-corrected chi connectivity index (χ1v) is 8.24. The van der Waals surface area contributed by atoms with E-state index in [1.165, 1.54) is 0 Å². The van der Waals surface area contributed by atoms with Crippen LogP contribution < -0.4 is 10.6 Å². The number of carbonyl (C=O) groups excluding carboxylic acids is 2. The van der Waals surface area contributed by atoms with Crippen molar-refractivity contribution >= 4 is 23.4 Å². The minimum absolute atomic E-state index is 0.324. The van der Waals surface area contributed by atoms with Crippen LogP contribution in [0.4, 0.5) is 16.2 Å². The fourth-order valence-electron chi connectivity index (χ4n) is 2.42. The number of amides is 2. The van der Waals surface area contributed by atoms with Gasteiger partial charge in [-0.1, -0.05) is 0 Å². The average molecular weight is 349 g/mol. The molecule has 132 valence electrons. The van der Waals surface area contributed by atoms with E-state index in [4.69, 9.17) is 4.74 Å². The van der Waals surface area contributed by atoms with Crippen LogP contribution in [0.1, 0.15) is 17.3 Å². The number of aromatic nitrogens is 1. The Morgan fingerprint density at radius 2 is 1.42 bits per heavy atom. The van der Waals surface area contributed by atoms with Crippen LogP contribution in [0.25, 0.3) is 5.69 Å². The molecule has 0 bridgehead atoms. The van der Waals surface area contributed by atoms with E-state index in [9.17, 15) is 9.59 Å². The van der Waals surface area contributed by atoms with Gasteiger partial charge >= 0.3 is 12.0 Å². The van der Waals surface area contributed by atoms with Crippen molar-refractivity contribution in [3.8, 4) is 5.69 Å². The maximum absolute atomic E-state index is 12.1. The van der Waals surface area contributed by atoms with Crippen LogP contribution in [-0.4, -0.2) is 23.2 Å². The largest absolute Gasteiger partial charge is 0.462 e. The highest BCUT2D eigenvalue weighted by molar-refractivity contribution is 6.00. The molecule has 0 aliphatic heterocycles. The zero-order valence-electron chi connectivity index (χ0n) is 14.3. The zero-order valence-corrected chi connectivity index (χ0v) is 14.3. The number of anilines is 2. The number of nitrogens with one attached hydrogen (secondary N) is 2. The Bertz CT molecular complexity index is 870. The van der Waals surface area contributed by atoms with Gasteiger partial charge < -0.3 is 19.9 Å². The van der Waals surface area contributed by atoms with Crippen LogP contribution in [0.5, 0.6) is 0 Å². The maximum Gasteiger partial charge on any atom is 0.338 e. The first-order valence-electron chi connectivity index (χ1n) is 8.24. The summed E-state index contributed by atoms with van der Waals surface area (Å²) < 4.78 is 6.91. The summed E-state index contributed by atoms with van der Waals surface area (Å²) in [5, 5.41) is 5.49. The molecule has 6 heteroatoms. The molecular formula is C20H19N3O3. The predicted octanol–water partition coefficient (Wildman–Crippen LogP) is 4.30. The second kappa shape index (κ2) is 8.02. The molecule has 0 unspecified atom stereocenters. The highest BCUT2D eigenvalue weighted by Crippen LogP contribution is 2.15. The molecule has 0 fully saturated rings. The molecule has 0 aliphatic rings. The van der Waals surface area contributed by atoms with Crippen LogP contribution in [0.2, 0.25) is 0 Å². The molecule has 2 amide bonds. The molecule has 3 aromatic rings. The number of ether oxygens (including phenoxy) is 1. The van der Waals surface area contributed by atoms with Gasteiger partial charge in [-0.15, -0.1) is 0 Å². The summed E-state index contributed by atoms with van der Waals surface area (Å²) in [6, 6.07) is 17.6. The van der Waals surface area contributed by atoms with Crippen molar-refractivity contribution in [1.82, 2.24) is 4.57 Å². The number of carbonyl (C=O) groups is 2. The SMILES string of the molecule is CCOC(=O)c1ccc(NC(=O)Nc2ccc(-n3cccc3)cc2)cc1. The van der Waals surface area contributed by atoms with Gasteiger partial charge in [-0.25, -0.2) is 9.59 Å². The number of benzene rings is 2. The molecule has 1 aromatic heterocycles. The van der Waals surface area contributed by atoms with Gasteiger partial charge in [0.1, 0.15) is 0 Å². The number of hydrogen-bond acceptors (Lipinski definition) is 3. The molecule has 0 saturated carbocycles. The molecule has 2 aromatic carbocycles. The first kappa shape index (κ1) is 17.3. The average Bonchev–Trinajstić information content (AvgIpc) is 3.18. The van der Waals surface area contributed by atoms with Crippen molar-refractivity contribution in [2.75, 3.05) is 17.2 Å². The van der Waals surface area contributed by atoms with Gasteiger partial charge in [0, 0.05) is 29.5 Å². The maximum atomic E-state index is 12.1. The van der Waals surface area contributed by atoms with Crippen molar-refractivity contribution in [1.29, 1.82) is 0 Å². The fraction of sp³-hybridized carbons (Fsp3) is 0.100. The number of hydrogen-bond donors (Lipinski definition) is 2. The molecule has 2 N–H and O–H groups in total. The summed E-state index contributed by atoms with van der Waals surface area (Å²) in [5.41, 5.74) is 2.72. The Morgan fingerprint density at radius 3 is 1.96 bits per heavy atom. The second-order valence-corrected chi connectivity index (χ2v) is 5.51. The molecule has 6 nitrogen and oxygen atoms in total. The second-order valence-electron chi connectivity index (χ2n) is 5.51. The van der Waals surface area contributed by atoms with Gasteiger partial charge in [-0.2, -0.15) is 0 Å². The minimum Gasteiger partial charge on any atom is -0.462 e. The Balaban J connectivity index is 1.57. The van der Waals surface area contributed by atoms with Gasteiger partial charge in [-0.05, 0) is 67.6 Å². The highest BCUT2D eigenvalue weighted by atomic mass is 16.5. The molecule has 3 rings (SSSR count). The van der Waals surface area contributed by atoms with Crippen molar-refractivity contribution in [2.45, 2.75) is 6.92 Å². The summed E-state index contributed by atoms with van der Waals surface area (Å²) in [6.45, 7) is 2.08. The molecule has 0 spiro atoms. The van der Waals surface area contributed by atoms with Crippen LogP contribution in [-0.2, 0) is 4.74 Å². The molecule has 26 heavy (non-hydrogen) atoms. The lowest BCUT2D eigenvalue weighted by Crippen LogP contribution is -2.19. The van der Waals surface area contributed by atoms with E-state index in [-0.39, 0.29) is 12.0 Å². The summed E-state index contributed by atoms with van der Waals surface area (Å²) >= 11 is 0. The number of rotatable bonds is 5. The third-order valence-electron chi connectivity index (χ3n) is 3.68. The topological polar surface area (TPSA) is 72.4 Å². The molecular weight excluding hydrogens is 330 g/mol. The minimum atomic E-state index is -0.383. The van der Waals surface area contributed by atoms with Crippen LogP contribution >= 0.6 is 0 Å². The number of urea groups is 1. The highest BCUT2D eigenvalue weighted by Gasteiger charge is 2.07. The lowest BCUT2D eigenvalue weighted by molar-refractivity contribution is 0.0526. The van der Waals surface area contributed by atoms with E-state index in [1.807, 2.05) is 53.4 Å². The molecule has 1 heterocycles. The zero-order chi connectivity index (χ0) is 18.4. The Labute approximate surface area is 151 Å². The number of esters is 1. The molecule has 0 saturated heterocycles. The van der Waals surface area contributed by atoms with E-state index in [0.717, 1.165) is 5.69 Å². The van der Waals surface area contributed by atoms with Crippen LogP contribution in [0, 0.1) is 0 Å². The van der Waals surface area contributed by atoms with E-state index < -0.39 is 0 Å². The van der Waals surface area contributed by atoms with E-state index in [1.54, 1.807) is 31.2 Å². The third kappa shape index (κ3) is 4.30. The third-order valence-corrected chi connectivity index (χ3v) is 3.68. The van der Waals surface area contributed by atoms with Gasteiger partial charge in [0.2, 0.25) is 0 Å². The lowest BCUT2D eigenvalue weighted by Gasteiger charge is -2.09. The molecule has 0 atom stereocenters. The number of nitrogens with zero attached hydrogens (tertiary/aromatic N) is 1. The van der Waals surface area contributed by atoms with Gasteiger partial charge in [0.25, 0.3) is 0 Å². The van der Waals surface area contributed by atoms with E-state index in [0.29, 0.717) is 23.5 Å². The van der Waals surface area contributed by atoms with Crippen molar-refractivity contribution in [2.24, 2.45) is 0 Å². The van der Waals surface area contributed by atoms with Crippen molar-refractivity contribution in [3.63, 3.8) is 0 Å². The van der Waals surface area contributed by atoms with Gasteiger partial charge in [0.05, 0.1) is 12.2 Å². The lowest BCUT2D eigenvalue weighted by atomic mass is 10.2. The monoisotopic (exact) mass is 349 g/mol. The Kier molecular flexibility index (Phi) is 5.34. The molecule has 0 radical (unpaired) electrons. The van der Waals surface area contributed by atoms with Crippen molar-refractivity contribution in [3.05, 3.63) is 78.6 Å². The summed E-state index contributed by atoms with van der Waals surface area (Å²) in [4.78, 5) is 23.7. The summed E-state index contributed by atoms with van der Waals surface area (Å²) in [5.74, 6) is -0.383. The van der Waals surface area contributed by atoms with E-state index >= 15 is 0 Å². The van der Waals surface area contributed by atoms with E-state index in [2.05, 4.69) is 10.6 Å². The van der Waals surface area contributed by atoms with Crippen molar-refractivity contribution < 1.29 is 14.3 Å². The van der Waals surface area contributed by atoms with Crippen LogP contribution in [0.15, 0.2) is 73.1 Å². The standard InChI is InChI=1S/C20H19N3O3/c1-2-26-19(24)15-5-7-16(8-6-15)21-20(25)22-17-9-11-18(12-10-17)23-13-3-4-14-23/h3-14H,2H2,1H3,(H2,21,22,25). The van der Waals surface area contributed by atoms with Gasteiger partial charge in [0.15, 0.2) is 0 Å². The normalized spacial score (nSPS) is 10.2. The summed E-state index contributed by atoms with van der Waals surface area (Å²) in [7, 11) is 0. The smallest absolute Gasteiger partial charge is 0.338 e. The Morgan fingerprint density at radius 1 is 0.885 bits per heavy atom. The predicted molar refractivity (Wildman–Crippen MR) is 101 cm³/mol. The summed E-state index contributed by atoms with van der Waals surface area (Å²) in [6.07, 6.45) is 3.91. The van der Waals surface area contributed by atoms with Crippen LogP contribution in [0.3, 0.4) is 0 Å². The van der Waals surface area contributed by atoms with Gasteiger partial charge in [-0.3, -0.25) is 0 Å². The quantitative estimate of drug-likeness (QED) is 0.675. The Hall–Kier alpha value is -3.54.